The van der Waals surface area contributed by atoms with Crippen molar-refractivity contribution in [2.75, 3.05) is 12.5 Å². The summed E-state index contributed by atoms with van der Waals surface area (Å²) in [6, 6.07) is -0.567. The van der Waals surface area contributed by atoms with Gasteiger partial charge in [-0.15, -0.1) is 11.6 Å². The lowest BCUT2D eigenvalue weighted by molar-refractivity contribution is -0.150. The molecule has 0 aliphatic heterocycles. The van der Waals surface area contributed by atoms with Crippen LogP contribution in [0.15, 0.2) is 0 Å². The first-order valence-corrected chi connectivity index (χ1v) is 7.43. The monoisotopic (exact) mass is 291 g/mol. The van der Waals surface area contributed by atoms with E-state index in [2.05, 4.69) is 5.32 Å². The fraction of sp³-hybridized carbons (Fsp3) is 0.857. The van der Waals surface area contributed by atoms with E-state index in [1.165, 1.54) is 0 Å². The van der Waals surface area contributed by atoms with Gasteiger partial charge in [0.05, 0.1) is 6.61 Å². The molecule has 19 heavy (non-hydrogen) atoms. The molecule has 0 aliphatic carbocycles. The molecule has 1 N–H and O–H groups in total. The number of ether oxygens (including phenoxy) is 1. The summed E-state index contributed by atoms with van der Waals surface area (Å²) in [5, 5.41) is 2.74. The molecule has 1 unspecified atom stereocenters. The van der Waals surface area contributed by atoms with Gasteiger partial charge in [0, 0.05) is 12.3 Å². The van der Waals surface area contributed by atoms with Gasteiger partial charge in [-0.1, -0.05) is 27.7 Å². The van der Waals surface area contributed by atoms with E-state index >= 15 is 0 Å². The third kappa shape index (κ3) is 8.87. The highest BCUT2D eigenvalue weighted by Gasteiger charge is 2.25. The van der Waals surface area contributed by atoms with Crippen LogP contribution in [0.1, 0.15) is 47.0 Å². The van der Waals surface area contributed by atoms with E-state index < -0.39 is 6.04 Å². The van der Waals surface area contributed by atoms with Crippen molar-refractivity contribution in [2.24, 2.45) is 11.8 Å². The van der Waals surface area contributed by atoms with Crippen molar-refractivity contribution < 1.29 is 14.3 Å². The molecule has 0 aromatic heterocycles. The summed E-state index contributed by atoms with van der Waals surface area (Å²) in [6.45, 7) is 8.11. The molecule has 1 atom stereocenters. The number of carbonyl (C=O) groups excluding carboxylic acids is 2. The smallest absolute Gasteiger partial charge is 0.328 e. The molecule has 0 saturated heterocycles. The van der Waals surface area contributed by atoms with Gasteiger partial charge < -0.3 is 10.1 Å². The zero-order valence-electron chi connectivity index (χ0n) is 12.4. The van der Waals surface area contributed by atoms with Gasteiger partial charge in [0.2, 0.25) is 5.91 Å². The highest BCUT2D eigenvalue weighted by atomic mass is 35.5. The van der Waals surface area contributed by atoms with Gasteiger partial charge >= 0.3 is 5.97 Å². The highest BCUT2D eigenvalue weighted by molar-refractivity contribution is 6.17. The second-order valence-corrected chi connectivity index (χ2v) is 5.84. The third-order valence-electron chi connectivity index (χ3n) is 2.58. The molecule has 5 heteroatoms. The lowest BCUT2D eigenvalue weighted by Gasteiger charge is -2.21. The number of halogens is 1. The first-order chi connectivity index (χ1) is 8.88. The van der Waals surface area contributed by atoms with Crippen LogP contribution in [0, 0.1) is 11.8 Å². The molecule has 0 fully saturated rings. The number of alkyl halides is 1. The molecular weight excluding hydrogens is 266 g/mol. The molecular formula is C14H26ClNO3. The summed E-state index contributed by atoms with van der Waals surface area (Å²) in [4.78, 5) is 23.6. The van der Waals surface area contributed by atoms with Crippen LogP contribution in [-0.4, -0.2) is 30.4 Å². The number of amides is 1. The third-order valence-corrected chi connectivity index (χ3v) is 2.85. The zero-order valence-corrected chi connectivity index (χ0v) is 13.1. The van der Waals surface area contributed by atoms with Gasteiger partial charge in [0.25, 0.3) is 0 Å². The van der Waals surface area contributed by atoms with Crippen LogP contribution in [0.2, 0.25) is 0 Å². The Morgan fingerprint density at radius 3 is 2.26 bits per heavy atom. The fourth-order valence-electron chi connectivity index (χ4n) is 1.46. The van der Waals surface area contributed by atoms with Crippen molar-refractivity contribution in [3.8, 4) is 0 Å². The zero-order chi connectivity index (χ0) is 14.8. The topological polar surface area (TPSA) is 55.4 Å². The minimum Gasteiger partial charge on any atom is -0.464 e. The predicted octanol–water partition coefficient (Wildman–Crippen LogP) is 2.74. The van der Waals surface area contributed by atoms with Crippen molar-refractivity contribution in [1.82, 2.24) is 5.32 Å². The summed E-state index contributed by atoms with van der Waals surface area (Å²) in [5.74, 6) is 0.379. The number of rotatable bonds is 9. The molecule has 0 aliphatic rings. The van der Waals surface area contributed by atoms with Crippen LogP contribution < -0.4 is 5.32 Å². The minimum atomic E-state index is -0.567. The molecule has 0 bridgehead atoms. The maximum atomic E-state index is 11.9. The molecule has 0 aromatic carbocycles. The molecule has 0 spiro atoms. The number of hydrogen-bond acceptors (Lipinski definition) is 3. The molecule has 0 rings (SSSR count). The van der Waals surface area contributed by atoms with Gasteiger partial charge in [-0.2, -0.15) is 0 Å². The lowest BCUT2D eigenvalue weighted by Crippen LogP contribution is -2.45. The Bertz CT molecular complexity index is 280. The van der Waals surface area contributed by atoms with E-state index in [4.69, 9.17) is 16.3 Å². The van der Waals surface area contributed by atoms with E-state index in [0.717, 1.165) is 12.8 Å². The van der Waals surface area contributed by atoms with Gasteiger partial charge in [0.1, 0.15) is 6.04 Å². The van der Waals surface area contributed by atoms with Crippen LogP contribution in [0.4, 0.5) is 0 Å². The normalized spacial score (nSPS) is 12.6. The first-order valence-electron chi connectivity index (χ1n) is 6.90. The highest BCUT2D eigenvalue weighted by Crippen LogP contribution is 2.07. The van der Waals surface area contributed by atoms with Crippen molar-refractivity contribution in [3.63, 3.8) is 0 Å². The van der Waals surface area contributed by atoms with Gasteiger partial charge in [-0.25, -0.2) is 4.79 Å². The quantitative estimate of drug-likeness (QED) is 0.404. The average molecular weight is 292 g/mol. The second kappa shape index (κ2) is 10.1. The summed E-state index contributed by atoms with van der Waals surface area (Å²) in [7, 11) is 0. The molecule has 112 valence electrons. The Morgan fingerprint density at radius 2 is 1.79 bits per heavy atom. The van der Waals surface area contributed by atoms with E-state index in [0.29, 0.717) is 18.9 Å². The Morgan fingerprint density at radius 1 is 1.16 bits per heavy atom. The summed E-state index contributed by atoms with van der Waals surface area (Å²) >= 11 is 5.56. The molecule has 4 nitrogen and oxygen atoms in total. The standard InChI is InChI=1S/C14H26ClNO3/c1-10(2)9-19-14(18)13(11(3)4)16-12(17)7-5-6-8-15/h10-11,13H,5-9H2,1-4H3,(H,16,17). The Labute approximate surface area is 121 Å². The van der Waals surface area contributed by atoms with E-state index in [-0.39, 0.29) is 23.7 Å². The number of carbonyl (C=O) groups is 2. The lowest BCUT2D eigenvalue weighted by atomic mass is 10.0. The van der Waals surface area contributed by atoms with E-state index in [9.17, 15) is 9.59 Å². The van der Waals surface area contributed by atoms with E-state index in [1.54, 1.807) is 0 Å². The maximum absolute atomic E-state index is 11.9. The molecule has 0 radical (unpaired) electrons. The largest absolute Gasteiger partial charge is 0.464 e. The van der Waals surface area contributed by atoms with Crippen molar-refractivity contribution >= 4 is 23.5 Å². The second-order valence-electron chi connectivity index (χ2n) is 5.46. The SMILES string of the molecule is CC(C)COC(=O)C(NC(=O)CCCCCl)C(C)C. The predicted molar refractivity (Wildman–Crippen MR) is 77.1 cm³/mol. The average Bonchev–Trinajstić information content (AvgIpc) is 2.33. The Kier molecular flexibility index (Phi) is 9.66. The van der Waals surface area contributed by atoms with Crippen LogP contribution in [0.5, 0.6) is 0 Å². The van der Waals surface area contributed by atoms with Crippen molar-refractivity contribution in [3.05, 3.63) is 0 Å². The summed E-state index contributed by atoms with van der Waals surface area (Å²) in [5.41, 5.74) is 0. The maximum Gasteiger partial charge on any atom is 0.328 e. The van der Waals surface area contributed by atoms with Gasteiger partial charge in [-0.05, 0) is 24.7 Å². The molecule has 0 aromatic rings. The van der Waals surface area contributed by atoms with Crippen LogP contribution in [-0.2, 0) is 14.3 Å². The molecule has 0 saturated carbocycles. The fourth-order valence-corrected chi connectivity index (χ4v) is 1.65. The Balaban J connectivity index is 4.24. The summed E-state index contributed by atoms with van der Waals surface area (Å²) < 4.78 is 5.18. The van der Waals surface area contributed by atoms with Crippen molar-refractivity contribution in [2.45, 2.75) is 53.0 Å². The van der Waals surface area contributed by atoms with Gasteiger partial charge in [-0.3, -0.25) is 4.79 Å². The Hall–Kier alpha value is -0.770. The minimum absolute atomic E-state index is 0.0108. The number of nitrogens with one attached hydrogen (secondary N) is 1. The number of unbranched alkanes of at least 4 members (excludes halogenated alkanes) is 1. The number of hydrogen-bond donors (Lipinski definition) is 1. The van der Waals surface area contributed by atoms with E-state index in [1.807, 2.05) is 27.7 Å². The first kappa shape index (κ1) is 18.2. The van der Waals surface area contributed by atoms with Crippen molar-refractivity contribution in [1.29, 1.82) is 0 Å². The van der Waals surface area contributed by atoms with Gasteiger partial charge in [0.15, 0.2) is 0 Å². The number of esters is 1. The van der Waals surface area contributed by atoms with Crippen LogP contribution in [0.3, 0.4) is 0 Å². The molecule has 1 amide bonds. The van der Waals surface area contributed by atoms with Crippen LogP contribution in [0.25, 0.3) is 0 Å². The van der Waals surface area contributed by atoms with Crippen LogP contribution >= 0.6 is 11.6 Å². The summed E-state index contributed by atoms with van der Waals surface area (Å²) in [6.07, 6.45) is 1.94. The molecule has 0 heterocycles.